The summed E-state index contributed by atoms with van der Waals surface area (Å²) in [5.41, 5.74) is 5.25. The molecule has 0 heterocycles. The molecule has 4 nitrogen and oxygen atoms in total. The van der Waals surface area contributed by atoms with Gasteiger partial charge in [-0.05, 0) is 12.8 Å². The van der Waals surface area contributed by atoms with E-state index in [1.54, 1.807) is 0 Å². The van der Waals surface area contributed by atoms with Gasteiger partial charge < -0.3 is 10.5 Å². The van der Waals surface area contributed by atoms with E-state index in [4.69, 9.17) is 11.1 Å². The monoisotopic (exact) mass is 253 g/mol. The number of amidine groups is 1. The summed E-state index contributed by atoms with van der Waals surface area (Å²) >= 11 is 0. The Bertz CT molecular complexity index is 254. The number of nitrogens with one attached hydrogen (secondary N) is 1. The van der Waals surface area contributed by atoms with Gasteiger partial charge in [-0.2, -0.15) is 13.2 Å². The number of hydrogen-bond donors (Lipinski definition) is 2. The van der Waals surface area contributed by atoms with Gasteiger partial charge in [-0.15, -0.1) is 0 Å². The third-order valence-corrected chi connectivity index (χ3v) is 2.52. The first-order chi connectivity index (χ1) is 7.88. The number of alkyl halides is 3. The lowest BCUT2D eigenvalue weighted by Gasteiger charge is -2.21. The van der Waals surface area contributed by atoms with Crippen molar-refractivity contribution in [3.63, 3.8) is 0 Å². The van der Waals surface area contributed by atoms with Crippen molar-refractivity contribution in [1.29, 1.82) is 5.41 Å². The molecular weight excluding hydrogens is 235 g/mol. The molecule has 0 aliphatic heterocycles. The van der Waals surface area contributed by atoms with Gasteiger partial charge in [0.15, 0.2) is 0 Å². The van der Waals surface area contributed by atoms with Gasteiger partial charge in [0, 0.05) is 25.6 Å². The maximum atomic E-state index is 11.8. The molecular formula is C10H18F3N3O. The predicted molar refractivity (Wildman–Crippen MR) is 58.0 cm³/mol. The minimum atomic E-state index is -4.26. The molecule has 0 radical (unpaired) electrons. The van der Waals surface area contributed by atoms with Crippen molar-refractivity contribution >= 4 is 5.84 Å². The Hall–Kier alpha value is -0.820. The van der Waals surface area contributed by atoms with Crippen LogP contribution in [-0.2, 0) is 4.74 Å². The number of halogens is 3. The normalized spacial score (nSPS) is 16.5. The standard InChI is InChI=1S/C10H18F3N3O/c11-10(12,13)7-17-6-5-16(8-1-2-8)4-3-9(14)15/h8H,1-7H2,(H3,14,15). The lowest BCUT2D eigenvalue weighted by atomic mass is 10.3. The highest BCUT2D eigenvalue weighted by atomic mass is 19.4. The van der Waals surface area contributed by atoms with E-state index in [9.17, 15) is 13.2 Å². The average Bonchev–Trinajstić information content (AvgIpc) is 2.98. The van der Waals surface area contributed by atoms with Crippen molar-refractivity contribution in [1.82, 2.24) is 4.90 Å². The second-order valence-electron chi connectivity index (χ2n) is 4.21. The van der Waals surface area contributed by atoms with Gasteiger partial charge in [0.1, 0.15) is 6.61 Å². The van der Waals surface area contributed by atoms with Crippen molar-refractivity contribution in [2.75, 3.05) is 26.3 Å². The summed E-state index contributed by atoms with van der Waals surface area (Å²) < 4.78 is 40.0. The molecule has 1 aliphatic carbocycles. The molecule has 0 aromatic heterocycles. The number of hydrogen-bond acceptors (Lipinski definition) is 3. The summed E-state index contributed by atoms with van der Waals surface area (Å²) in [6.07, 6.45) is -1.67. The minimum absolute atomic E-state index is 0.0634. The van der Waals surface area contributed by atoms with Crippen LogP contribution >= 0.6 is 0 Å². The Morgan fingerprint density at radius 3 is 2.47 bits per heavy atom. The smallest absolute Gasteiger partial charge is 0.388 e. The Morgan fingerprint density at radius 2 is 2.00 bits per heavy atom. The van der Waals surface area contributed by atoms with Gasteiger partial charge in [0.05, 0.1) is 12.4 Å². The van der Waals surface area contributed by atoms with E-state index in [-0.39, 0.29) is 12.4 Å². The van der Waals surface area contributed by atoms with Crippen LogP contribution in [0.1, 0.15) is 19.3 Å². The van der Waals surface area contributed by atoms with E-state index in [0.29, 0.717) is 25.6 Å². The summed E-state index contributed by atoms with van der Waals surface area (Å²) in [5, 5.41) is 7.12. The van der Waals surface area contributed by atoms with Crippen molar-refractivity contribution < 1.29 is 17.9 Å². The number of ether oxygens (including phenoxy) is 1. The van der Waals surface area contributed by atoms with E-state index in [0.717, 1.165) is 12.8 Å². The molecule has 0 amide bonds. The molecule has 0 unspecified atom stereocenters. The van der Waals surface area contributed by atoms with Crippen molar-refractivity contribution in [3.05, 3.63) is 0 Å². The van der Waals surface area contributed by atoms with Crippen LogP contribution in [0.3, 0.4) is 0 Å². The maximum Gasteiger partial charge on any atom is 0.411 e. The quantitative estimate of drug-likeness (QED) is 0.390. The topological polar surface area (TPSA) is 62.3 Å². The number of nitrogens with two attached hydrogens (primary N) is 1. The van der Waals surface area contributed by atoms with Crippen LogP contribution in [0.5, 0.6) is 0 Å². The first-order valence-electron chi connectivity index (χ1n) is 5.60. The summed E-state index contributed by atoms with van der Waals surface area (Å²) in [6, 6.07) is 0.434. The zero-order valence-electron chi connectivity index (χ0n) is 9.59. The van der Waals surface area contributed by atoms with E-state index in [2.05, 4.69) is 4.74 Å². The van der Waals surface area contributed by atoms with Gasteiger partial charge in [-0.3, -0.25) is 10.3 Å². The average molecular weight is 253 g/mol. The second kappa shape index (κ2) is 6.20. The fourth-order valence-electron chi connectivity index (χ4n) is 1.55. The Balaban J connectivity index is 2.14. The summed E-state index contributed by atoms with van der Waals surface area (Å²) in [7, 11) is 0. The first-order valence-corrected chi connectivity index (χ1v) is 5.60. The highest BCUT2D eigenvalue weighted by molar-refractivity contribution is 5.76. The maximum absolute atomic E-state index is 11.8. The summed E-state index contributed by atoms with van der Waals surface area (Å²) in [6.45, 7) is -0.0461. The molecule has 0 aromatic carbocycles. The summed E-state index contributed by atoms with van der Waals surface area (Å²) in [4.78, 5) is 2.04. The van der Waals surface area contributed by atoms with Gasteiger partial charge in [0.2, 0.25) is 0 Å². The van der Waals surface area contributed by atoms with Crippen molar-refractivity contribution in [2.45, 2.75) is 31.5 Å². The fraction of sp³-hybridized carbons (Fsp3) is 0.900. The molecule has 0 spiro atoms. The van der Waals surface area contributed by atoms with Gasteiger partial charge >= 0.3 is 6.18 Å². The SMILES string of the molecule is N=C(N)CCN(CCOCC(F)(F)F)C1CC1. The highest BCUT2D eigenvalue weighted by Gasteiger charge is 2.30. The fourth-order valence-corrected chi connectivity index (χ4v) is 1.55. The molecule has 1 saturated carbocycles. The molecule has 3 N–H and O–H groups in total. The largest absolute Gasteiger partial charge is 0.411 e. The van der Waals surface area contributed by atoms with Gasteiger partial charge in [0.25, 0.3) is 0 Å². The molecule has 100 valence electrons. The van der Waals surface area contributed by atoms with Gasteiger partial charge in [-0.25, -0.2) is 0 Å². The molecule has 17 heavy (non-hydrogen) atoms. The van der Waals surface area contributed by atoms with Crippen LogP contribution in [0.25, 0.3) is 0 Å². The van der Waals surface area contributed by atoms with Crippen LogP contribution in [0.2, 0.25) is 0 Å². The van der Waals surface area contributed by atoms with Crippen LogP contribution in [0, 0.1) is 5.41 Å². The van der Waals surface area contributed by atoms with Crippen molar-refractivity contribution in [2.24, 2.45) is 5.73 Å². The lowest BCUT2D eigenvalue weighted by molar-refractivity contribution is -0.174. The predicted octanol–water partition coefficient (Wildman–Crippen LogP) is 1.36. The third-order valence-electron chi connectivity index (χ3n) is 2.52. The highest BCUT2D eigenvalue weighted by Crippen LogP contribution is 2.26. The zero-order chi connectivity index (χ0) is 12.9. The first kappa shape index (κ1) is 14.2. The molecule has 0 saturated heterocycles. The van der Waals surface area contributed by atoms with Crippen molar-refractivity contribution in [3.8, 4) is 0 Å². The number of nitrogens with zero attached hydrogens (tertiary/aromatic N) is 1. The van der Waals surface area contributed by atoms with Crippen LogP contribution < -0.4 is 5.73 Å². The van der Waals surface area contributed by atoms with Crippen LogP contribution in [0.4, 0.5) is 13.2 Å². The second-order valence-corrected chi connectivity index (χ2v) is 4.21. The van der Waals surface area contributed by atoms with Gasteiger partial charge in [-0.1, -0.05) is 0 Å². The molecule has 0 atom stereocenters. The molecule has 0 aromatic rings. The molecule has 0 bridgehead atoms. The Labute approximate surface area is 98.4 Å². The van der Waals surface area contributed by atoms with E-state index in [1.807, 2.05) is 4.90 Å². The van der Waals surface area contributed by atoms with E-state index in [1.165, 1.54) is 0 Å². The van der Waals surface area contributed by atoms with E-state index < -0.39 is 12.8 Å². The molecule has 1 rings (SSSR count). The zero-order valence-corrected chi connectivity index (χ0v) is 9.59. The minimum Gasteiger partial charge on any atom is -0.388 e. The Kier molecular flexibility index (Phi) is 5.20. The molecule has 7 heteroatoms. The molecule has 1 aliphatic rings. The van der Waals surface area contributed by atoms with Crippen LogP contribution in [0.15, 0.2) is 0 Å². The Morgan fingerprint density at radius 1 is 1.35 bits per heavy atom. The third kappa shape index (κ3) is 7.17. The van der Waals surface area contributed by atoms with Crippen LogP contribution in [-0.4, -0.2) is 49.3 Å². The lowest BCUT2D eigenvalue weighted by Crippen LogP contribution is -2.33. The number of rotatable bonds is 8. The molecule has 1 fully saturated rings. The van der Waals surface area contributed by atoms with E-state index >= 15 is 0 Å². The summed E-state index contributed by atoms with van der Waals surface area (Å²) in [5.74, 6) is 0.104.